The number of hydrogen-bond acceptors (Lipinski definition) is 14. The van der Waals surface area contributed by atoms with Gasteiger partial charge >= 0.3 is 23.9 Å². The molecular formula is C46H73FN4O10. The molecule has 4 fully saturated rings. The summed E-state index contributed by atoms with van der Waals surface area (Å²) in [5.74, 6) is -6.07. The van der Waals surface area contributed by atoms with E-state index in [1.165, 1.54) is 10.1 Å². The van der Waals surface area contributed by atoms with E-state index in [1.54, 1.807) is 55.4 Å². The predicted molar refractivity (Wildman–Crippen MR) is 226 cm³/mol. The van der Waals surface area contributed by atoms with E-state index in [2.05, 4.69) is 10.6 Å². The van der Waals surface area contributed by atoms with Crippen LogP contribution in [0.4, 0.5) is 4.39 Å². The molecular weight excluding hydrogens is 788 g/mol. The van der Waals surface area contributed by atoms with Crippen molar-refractivity contribution in [3.05, 3.63) is 34.1 Å². The average molecular weight is 861 g/mol. The van der Waals surface area contributed by atoms with Gasteiger partial charge in [0.25, 0.3) is 0 Å². The summed E-state index contributed by atoms with van der Waals surface area (Å²) in [4.78, 5) is 58.3. The van der Waals surface area contributed by atoms with Gasteiger partial charge in [0, 0.05) is 95.7 Å². The number of halogens is 1. The Morgan fingerprint density at radius 3 is 1.07 bits per heavy atom. The Morgan fingerprint density at radius 1 is 0.475 bits per heavy atom. The Bertz CT molecular complexity index is 1840. The van der Waals surface area contributed by atoms with E-state index in [0.29, 0.717) is 25.7 Å². The first-order valence-electron chi connectivity index (χ1n) is 21.7. The van der Waals surface area contributed by atoms with Gasteiger partial charge in [-0.05, 0) is 117 Å². The average Bonchev–Trinajstić information content (AvgIpc) is 3.02. The number of benzene rings is 1. The third-order valence-electron chi connectivity index (χ3n) is 12.7. The first kappa shape index (κ1) is 48.8. The maximum absolute atomic E-state index is 17.5. The third kappa shape index (κ3) is 10.9. The van der Waals surface area contributed by atoms with E-state index in [9.17, 15) is 29.6 Å². The lowest BCUT2D eigenvalue weighted by Gasteiger charge is -2.51. The van der Waals surface area contributed by atoms with Gasteiger partial charge in [-0.2, -0.15) is 10.1 Å². The molecule has 4 heterocycles. The number of ether oxygens (including phenoxy) is 4. The van der Waals surface area contributed by atoms with Crippen LogP contribution in [0, 0.1) is 5.82 Å². The number of rotatable bonds is 8. The molecule has 4 N–H and O–H groups in total. The van der Waals surface area contributed by atoms with Crippen LogP contribution >= 0.6 is 0 Å². The highest BCUT2D eigenvalue weighted by atomic mass is 19.1. The highest BCUT2D eigenvalue weighted by Gasteiger charge is 2.50. The van der Waals surface area contributed by atoms with Crippen molar-refractivity contribution in [2.75, 3.05) is 0 Å². The van der Waals surface area contributed by atoms with Crippen molar-refractivity contribution in [3.8, 4) is 0 Å². The predicted octanol–water partition coefficient (Wildman–Crippen LogP) is 7.89. The Kier molecular flexibility index (Phi) is 12.9. The monoisotopic (exact) mass is 861 g/mol. The van der Waals surface area contributed by atoms with Gasteiger partial charge in [0.05, 0.1) is 16.7 Å². The molecule has 0 radical (unpaired) electrons. The highest BCUT2D eigenvalue weighted by molar-refractivity contribution is 6.12. The zero-order valence-electron chi connectivity index (χ0n) is 39.5. The van der Waals surface area contributed by atoms with Crippen molar-refractivity contribution in [2.45, 2.75) is 231 Å². The quantitative estimate of drug-likeness (QED) is 0.147. The fourth-order valence-electron chi connectivity index (χ4n) is 11.4. The van der Waals surface area contributed by atoms with E-state index < -0.39 is 121 Å². The summed E-state index contributed by atoms with van der Waals surface area (Å²) in [5, 5.41) is 31.4. The lowest BCUT2D eigenvalue weighted by molar-refractivity contribution is -0.257. The van der Waals surface area contributed by atoms with Crippen molar-refractivity contribution in [1.29, 1.82) is 0 Å². The second kappa shape index (κ2) is 16.1. The van der Waals surface area contributed by atoms with Crippen molar-refractivity contribution in [1.82, 2.24) is 20.8 Å². The molecule has 14 nitrogen and oxygen atoms in total. The lowest BCUT2D eigenvalue weighted by Crippen LogP contribution is -2.60. The van der Waals surface area contributed by atoms with Gasteiger partial charge in [-0.25, -0.2) is 23.6 Å². The molecule has 0 bridgehead atoms. The van der Waals surface area contributed by atoms with Gasteiger partial charge in [0.1, 0.15) is 30.0 Å². The summed E-state index contributed by atoms with van der Waals surface area (Å²) in [7, 11) is 0. The number of hydroxylamine groups is 4. The molecule has 4 saturated heterocycles. The van der Waals surface area contributed by atoms with Crippen LogP contribution in [0.1, 0.15) is 204 Å². The molecule has 0 atom stereocenters. The highest BCUT2D eigenvalue weighted by Crippen LogP contribution is 2.41. The summed E-state index contributed by atoms with van der Waals surface area (Å²) < 4.78 is 41.8. The number of carbonyl (C=O) groups excluding carboxylic acids is 4. The van der Waals surface area contributed by atoms with Crippen LogP contribution in [-0.2, 0) is 18.9 Å². The molecule has 0 unspecified atom stereocenters. The van der Waals surface area contributed by atoms with E-state index in [-0.39, 0.29) is 25.7 Å². The second-order valence-corrected chi connectivity index (χ2v) is 23.4. The smallest absolute Gasteiger partial charge is 0.342 e. The van der Waals surface area contributed by atoms with Crippen molar-refractivity contribution < 1.29 is 52.9 Å². The maximum Gasteiger partial charge on any atom is 0.342 e. The van der Waals surface area contributed by atoms with E-state index in [1.807, 2.05) is 55.4 Å². The molecule has 15 heteroatoms. The molecule has 4 aliphatic heterocycles. The second-order valence-electron chi connectivity index (χ2n) is 23.4. The number of hydrogen-bond donors (Lipinski definition) is 4. The maximum atomic E-state index is 17.5. The largest absolute Gasteiger partial charge is 0.459 e. The summed E-state index contributed by atoms with van der Waals surface area (Å²) in [6.45, 7) is 30.0. The minimum atomic E-state index is -1.40. The van der Waals surface area contributed by atoms with Crippen LogP contribution in [0.3, 0.4) is 0 Å². The summed E-state index contributed by atoms with van der Waals surface area (Å²) in [6, 6.07) is 0.920. The number of carbonyl (C=O) groups is 4. The van der Waals surface area contributed by atoms with Crippen LogP contribution in [-0.4, -0.2) is 113 Å². The molecule has 0 aliphatic carbocycles. The lowest BCUT2D eigenvalue weighted by atomic mass is 9.80. The van der Waals surface area contributed by atoms with Gasteiger partial charge in [-0.1, -0.05) is 0 Å². The minimum Gasteiger partial charge on any atom is -0.459 e. The fourth-order valence-corrected chi connectivity index (χ4v) is 11.4. The Balaban J connectivity index is 1.67. The van der Waals surface area contributed by atoms with Gasteiger partial charge < -0.3 is 40.0 Å². The van der Waals surface area contributed by atoms with Crippen LogP contribution < -0.4 is 10.6 Å². The summed E-state index contributed by atoms with van der Waals surface area (Å²) in [5.41, 5.74) is -8.21. The SMILES string of the molecule is CC1(C)CC(OC(=O)c2cc(C(=O)OC3CC(C)(C)N(O)C(C)(C)C3)c(F)c(C(=O)OC3CC(C)(C)NC(C)(C)C3)c2C(=O)OC2CC(C)(C)N(O)C(C)(C)C2)CC(C)(C)N1. The molecule has 0 saturated carbocycles. The number of piperidine rings is 4. The zero-order valence-corrected chi connectivity index (χ0v) is 39.5. The first-order valence-corrected chi connectivity index (χ1v) is 21.7. The van der Waals surface area contributed by atoms with Crippen LogP contribution in [0.2, 0.25) is 0 Å². The molecule has 1 aromatic carbocycles. The van der Waals surface area contributed by atoms with Crippen molar-refractivity contribution >= 4 is 23.9 Å². The standard InChI is InChI=1S/C46H73FN4O10/c1-39(2)18-26(19-40(3,4)48-39)58-35(52)30-17-31(36(53)59-28-22-43(9,10)50(56)44(11,12)23-28)34(47)33(38(55)60-27-20-41(5,6)49-42(7,8)21-27)32(30)37(54)61-29-24-45(13,14)51(57)46(15,16)25-29/h17,26-29,48-49,56-57H,18-25H2,1-16H3. The van der Waals surface area contributed by atoms with E-state index in [0.717, 1.165) is 6.07 Å². The summed E-state index contributed by atoms with van der Waals surface area (Å²) in [6.07, 6.45) is -0.821. The minimum absolute atomic E-state index is 0.170. The molecule has 1 aromatic rings. The molecule has 4 aliphatic rings. The van der Waals surface area contributed by atoms with Crippen molar-refractivity contribution in [3.63, 3.8) is 0 Å². The van der Waals surface area contributed by atoms with E-state index >= 15 is 4.39 Å². The Hall–Kier alpha value is -3.21. The molecule has 0 spiro atoms. The topological polar surface area (TPSA) is 176 Å². The van der Waals surface area contributed by atoms with Gasteiger partial charge in [-0.15, -0.1) is 0 Å². The Morgan fingerprint density at radius 2 is 0.738 bits per heavy atom. The fraction of sp³-hybridized carbons (Fsp3) is 0.783. The van der Waals surface area contributed by atoms with Crippen LogP contribution in [0.25, 0.3) is 0 Å². The third-order valence-corrected chi connectivity index (χ3v) is 12.7. The normalized spacial score (nSPS) is 26.2. The number of nitrogens with zero attached hydrogens (tertiary/aromatic N) is 2. The Labute approximate surface area is 361 Å². The van der Waals surface area contributed by atoms with Crippen molar-refractivity contribution in [2.24, 2.45) is 0 Å². The van der Waals surface area contributed by atoms with Gasteiger partial charge in [-0.3, -0.25) is 0 Å². The molecule has 61 heavy (non-hydrogen) atoms. The van der Waals surface area contributed by atoms with E-state index in [4.69, 9.17) is 18.9 Å². The molecule has 0 aromatic heterocycles. The van der Waals surface area contributed by atoms with Crippen LogP contribution in [0.5, 0.6) is 0 Å². The molecule has 344 valence electrons. The number of esters is 4. The first-order chi connectivity index (χ1) is 27.5. The molecule has 0 amide bonds. The van der Waals surface area contributed by atoms with Gasteiger partial charge in [0.15, 0.2) is 5.82 Å². The zero-order chi connectivity index (χ0) is 46.3. The number of nitrogens with one attached hydrogen (secondary N) is 2. The van der Waals surface area contributed by atoms with Gasteiger partial charge in [0.2, 0.25) is 0 Å². The van der Waals surface area contributed by atoms with Crippen LogP contribution in [0.15, 0.2) is 6.07 Å². The summed E-state index contributed by atoms with van der Waals surface area (Å²) >= 11 is 0. The molecule has 5 rings (SSSR count).